The van der Waals surface area contributed by atoms with E-state index in [4.69, 9.17) is 0 Å². The SMILES string of the molecule is Cc1ccc2c(c1)C1C(=C2c2ccccc2)C(C)(C)N2C(=O)CC(C)(C)N12. The van der Waals surface area contributed by atoms with Crippen molar-refractivity contribution < 1.29 is 4.79 Å². The highest BCUT2D eigenvalue weighted by Crippen LogP contribution is 2.61. The van der Waals surface area contributed by atoms with Crippen molar-refractivity contribution in [2.24, 2.45) is 0 Å². The van der Waals surface area contributed by atoms with Crippen LogP contribution in [0.3, 0.4) is 0 Å². The molecule has 0 spiro atoms. The van der Waals surface area contributed by atoms with Crippen LogP contribution in [0.1, 0.15) is 62.4 Å². The molecular weight excluding hydrogens is 332 g/mol. The van der Waals surface area contributed by atoms with Gasteiger partial charge in [-0.05, 0) is 62.5 Å². The van der Waals surface area contributed by atoms with E-state index in [2.05, 4.69) is 88.2 Å². The average molecular weight is 358 g/mol. The third kappa shape index (κ3) is 2.03. The fraction of sp³-hybridized carbons (Fsp3) is 0.375. The van der Waals surface area contributed by atoms with Crippen molar-refractivity contribution in [2.75, 3.05) is 0 Å². The molecule has 138 valence electrons. The van der Waals surface area contributed by atoms with E-state index < -0.39 is 0 Å². The van der Waals surface area contributed by atoms with Gasteiger partial charge in [-0.2, -0.15) is 0 Å². The second-order valence-electron chi connectivity index (χ2n) is 9.25. The van der Waals surface area contributed by atoms with E-state index in [0.29, 0.717) is 6.42 Å². The summed E-state index contributed by atoms with van der Waals surface area (Å²) in [5, 5.41) is 4.40. The third-order valence-corrected chi connectivity index (χ3v) is 6.47. The molecule has 27 heavy (non-hydrogen) atoms. The number of fused-ring (bicyclic) bond motifs is 5. The van der Waals surface area contributed by atoms with Crippen LogP contribution in [-0.4, -0.2) is 27.0 Å². The first-order valence-corrected chi connectivity index (χ1v) is 9.77. The summed E-state index contributed by atoms with van der Waals surface area (Å²) in [4.78, 5) is 13.0. The van der Waals surface area contributed by atoms with Crippen LogP contribution < -0.4 is 0 Å². The van der Waals surface area contributed by atoms with Gasteiger partial charge < -0.3 is 0 Å². The zero-order chi connectivity index (χ0) is 19.1. The van der Waals surface area contributed by atoms with Crippen molar-refractivity contribution in [3.05, 3.63) is 76.4 Å². The summed E-state index contributed by atoms with van der Waals surface area (Å²) in [7, 11) is 0. The molecule has 1 aliphatic carbocycles. The van der Waals surface area contributed by atoms with Crippen LogP contribution >= 0.6 is 0 Å². The van der Waals surface area contributed by atoms with E-state index in [1.54, 1.807) is 0 Å². The van der Waals surface area contributed by atoms with Crippen LogP contribution in [0.25, 0.3) is 5.57 Å². The third-order valence-electron chi connectivity index (χ3n) is 6.47. The zero-order valence-electron chi connectivity index (χ0n) is 16.7. The van der Waals surface area contributed by atoms with Gasteiger partial charge in [-0.25, -0.2) is 5.01 Å². The number of hydrazine groups is 1. The van der Waals surface area contributed by atoms with Crippen molar-refractivity contribution in [1.82, 2.24) is 10.0 Å². The van der Waals surface area contributed by atoms with E-state index in [0.717, 1.165) is 0 Å². The summed E-state index contributed by atoms with van der Waals surface area (Å²) >= 11 is 0. The van der Waals surface area contributed by atoms with Crippen molar-refractivity contribution in [1.29, 1.82) is 0 Å². The Labute approximate surface area is 161 Å². The summed E-state index contributed by atoms with van der Waals surface area (Å²) in [6.45, 7) is 10.9. The molecule has 3 heteroatoms. The molecule has 2 fully saturated rings. The molecule has 0 radical (unpaired) electrons. The van der Waals surface area contributed by atoms with Crippen LogP contribution in [0.4, 0.5) is 0 Å². The lowest BCUT2D eigenvalue weighted by Gasteiger charge is -2.38. The quantitative estimate of drug-likeness (QED) is 0.726. The molecule has 3 aliphatic rings. The number of amides is 1. The Morgan fingerprint density at radius 3 is 2.41 bits per heavy atom. The molecule has 1 atom stereocenters. The van der Waals surface area contributed by atoms with Gasteiger partial charge in [-0.15, -0.1) is 0 Å². The molecule has 2 heterocycles. The van der Waals surface area contributed by atoms with Gasteiger partial charge in [0.15, 0.2) is 0 Å². The molecule has 5 rings (SSSR count). The predicted octanol–water partition coefficient (Wildman–Crippen LogP) is 4.87. The molecular formula is C24H26N2O. The molecule has 1 amide bonds. The molecule has 3 nitrogen and oxygen atoms in total. The Balaban J connectivity index is 1.86. The second kappa shape index (κ2) is 5.11. The lowest BCUT2D eigenvalue weighted by atomic mass is 9.85. The van der Waals surface area contributed by atoms with E-state index in [1.807, 2.05) is 5.01 Å². The number of hydrogen-bond acceptors (Lipinski definition) is 2. The summed E-state index contributed by atoms with van der Waals surface area (Å²) in [5.41, 5.74) is 7.29. The van der Waals surface area contributed by atoms with E-state index in [9.17, 15) is 4.79 Å². The molecule has 2 saturated heterocycles. The Hall–Kier alpha value is -2.39. The maximum Gasteiger partial charge on any atom is 0.239 e. The number of carbonyl (C=O) groups is 1. The Morgan fingerprint density at radius 1 is 1.00 bits per heavy atom. The fourth-order valence-electron chi connectivity index (χ4n) is 5.46. The first-order valence-electron chi connectivity index (χ1n) is 9.77. The minimum Gasteiger partial charge on any atom is -0.273 e. The molecule has 2 aromatic carbocycles. The Bertz CT molecular complexity index is 1000. The van der Waals surface area contributed by atoms with Gasteiger partial charge in [0, 0.05) is 12.0 Å². The van der Waals surface area contributed by atoms with Gasteiger partial charge in [0.1, 0.15) is 0 Å². The zero-order valence-corrected chi connectivity index (χ0v) is 16.7. The number of aryl methyl sites for hydroxylation is 1. The smallest absolute Gasteiger partial charge is 0.239 e. The van der Waals surface area contributed by atoms with E-state index >= 15 is 0 Å². The highest BCUT2D eigenvalue weighted by atomic mass is 16.2. The lowest BCUT2D eigenvalue weighted by molar-refractivity contribution is -0.145. The summed E-state index contributed by atoms with van der Waals surface area (Å²) < 4.78 is 0. The number of carbonyl (C=O) groups excluding carboxylic acids is 1. The minimum atomic E-state index is -0.340. The normalized spacial score (nSPS) is 25.0. The largest absolute Gasteiger partial charge is 0.273 e. The molecule has 1 unspecified atom stereocenters. The molecule has 2 aliphatic heterocycles. The molecule has 0 aromatic heterocycles. The minimum absolute atomic E-state index is 0.131. The second-order valence-corrected chi connectivity index (χ2v) is 9.25. The highest BCUT2D eigenvalue weighted by molar-refractivity contribution is 5.93. The standard InChI is InChI=1S/C24H26N2O/c1-15-11-12-17-18(13-15)22-21(20(17)16-9-7-6-8-10-16)24(4,5)25-19(27)14-23(2,3)26(22)25/h6-13,22H,14H2,1-5H3. The summed E-state index contributed by atoms with van der Waals surface area (Å²) in [6, 6.07) is 17.6. The van der Waals surface area contributed by atoms with Gasteiger partial charge in [0.25, 0.3) is 0 Å². The number of rotatable bonds is 1. The van der Waals surface area contributed by atoms with Crippen molar-refractivity contribution in [3.63, 3.8) is 0 Å². The van der Waals surface area contributed by atoms with Crippen molar-refractivity contribution in [2.45, 2.75) is 58.2 Å². The van der Waals surface area contributed by atoms with Gasteiger partial charge >= 0.3 is 0 Å². The Kier molecular flexibility index (Phi) is 3.17. The van der Waals surface area contributed by atoms with Crippen LogP contribution in [0.5, 0.6) is 0 Å². The van der Waals surface area contributed by atoms with Crippen molar-refractivity contribution in [3.8, 4) is 0 Å². The fourth-order valence-corrected chi connectivity index (χ4v) is 5.46. The Morgan fingerprint density at radius 2 is 1.70 bits per heavy atom. The predicted molar refractivity (Wildman–Crippen MR) is 108 cm³/mol. The highest BCUT2D eigenvalue weighted by Gasteiger charge is 2.63. The van der Waals surface area contributed by atoms with E-state index in [-0.39, 0.29) is 23.0 Å². The topological polar surface area (TPSA) is 23.6 Å². The first-order chi connectivity index (χ1) is 12.7. The molecule has 0 N–H and O–H groups in total. The maximum atomic E-state index is 13.0. The monoisotopic (exact) mass is 358 g/mol. The number of benzene rings is 2. The van der Waals surface area contributed by atoms with Crippen molar-refractivity contribution >= 4 is 11.5 Å². The summed E-state index contributed by atoms with van der Waals surface area (Å²) in [6.07, 6.45) is 0.571. The van der Waals surface area contributed by atoms with Gasteiger partial charge in [-0.3, -0.25) is 9.80 Å². The maximum absolute atomic E-state index is 13.0. The molecule has 0 bridgehead atoms. The van der Waals surface area contributed by atoms with Crippen LogP contribution in [0, 0.1) is 6.92 Å². The van der Waals surface area contributed by atoms with Crippen LogP contribution in [-0.2, 0) is 4.79 Å². The van der Waals surface area contributed by atoms with Gasteiger partial charge in [-0.1, -0.05) is 54.1 Å². The van der Waals surface area contributed by atoms with Crippen LogP contribution in [0.2, 0.25) is 0 Å². The molecule has 2 aromatic rings. The number of hydrogen-bond donors (Lipinski definition) is 0. The lowest BCUT2D eigenvalue weighted by Crippen LogP contribution is -2.49. The average Bonchev–Trinajstić information content (AvgIpc) is 3.15. The molecule has 0 saturated carbocycles. The van der Waals surface area contributed by atoms with E-state index in [1.165, 1.54) is 33.4 Å². The van der Waals surface area contributed by atoms with Crippen LogP contribution in [0.15, 0.2) is 54.1 Å². The van der Waals surface area contributed by atoms with Gasteiger partial charge in [0.2, 0.25) is 5.91 Å². The number of nitrogens with zero attached hydrogens (tertiary/aromatic N) is 2. The first kappa shape index (κ1) is 16.8. The van der Waals surface area contributed by atoms with Gasteiger partial charge in [0.05, 0.1) is 11.6 Å². The summed E-state index contributed by atoms with van der Waals surface area (Å²) in [5.74, 6) is 0.230.